The van der Waals surface area contributed by atoms with Crippen molar-refractivity contribution in [1.82, 2.24) is 15.1 Å². The first-order valence-corrected chi connectivity index (χ1v) is 7.88. The number of rotatable bonds is 3. The standard InChI is InChI=1S/C15H29N3O/c1-13-5-3-4-6-14(13)7-8-16-15(19)18-11-9-17(2)10-12-18/h13-14H,3-12H2,1-2H3,(H,16,19). The second-order valence-electron chi connectivity index (χ2n) is 6.33. The maximum absolute atomic E-state index is 12.0. The highest BCUT2D eigenvalue weighted by atomic mass is 16.2. The number of likely N-dealkylation sites (N-methyl/N-ethyl adjacent to an activating group) is 1. The van der Waals surface area contributed by atoms with Crippen LogP contribution in [0.2, 0.25) is 0 Å². The van der Waals surface area contributed by atoms with Crippen LogP contribution in [0.1, 0.15) is 39.0 Å². The summed E-state index contributed by atoms with van der Waals surface area (Å²) in [4.78, 5) is 16.2. The normalized spacial score (nSPS) is 29.3. The molecule has 1 aliphatic carbocycles. The van der Waals surface area contributed by atoms with Crippen molar-refractivity contribution >= 4 is 6.03 Å². The lowest BCUT2D eigenvalue weighted by Gasteiger charge is -2.33. The molecule has 4 heteroatoms. The number of nitrogens with one attached hydrogen (secondary N) is 1. The van der Waals surface area contributed by atoms with Gasteiger partial charge in [-0.2, -0.15) is 0 Å². The van der Waals surface area contributed by atoms with Gasteiger partial charge in [0.25, 0.3) is 0 Å². The van der Waals surface area contributed by atoms with Gasteiger partial charge in [-0.25, -0.2) is 4.79 Å². The molecular weight excluding hydrogens is 238 g/mol. The Hall–Kier alpha value is -0.770. The molecule has 110 valence electrons. The third kappa shape index (κ3) is 4.37. The molecule has 2 aliphatic rings. The molecule has 0 aromatic rings. The fourth-order valence-electron chi connectivity index (χ4n) is 3.31. The zero-order valence-electron chi connectivity index (χ0n) is 12.5. The summed E-state index contributed by atoms with van der Waals surface area (Å²) in [6.07, 6.45) is 6.65. The van der Waals surface area contributed by atoms with Crippen LogP contribution < -0.4 is 5.32 Å². The van der Waals surface area contributed by atoms with E-state index in [1.54, 1.807) is 0 Å². The van der Waals surface area contributed by atoms with Crippen LogP contribution >= 0.6 is 0 Å². The van der Waals surface area contributed by atoms with Gasteiger partial charge in [0.2, 0.25) is 0 Å². The Labute approximate surface area is 117 Å². The first-order valence-electron chi connectivity index (χ1n) is 7.88. The fourth-order valence-corrected chi connectivity index (χ4v) is 3.31. The lowest BCUT2D eigenvalue weighted by atomic mass is 9.79. The number of urea groups is 1. The van der Waals surface area contributed by atoms with Gasteiger partial charge in [-0.3, -0.25) is 0 Å². The van der Waals surface area contributed by atoms with Crippen LogP contribution in [-0.4, -0.2) is 55.6 Å². The molecule has 2 rings (SSSR count). The third-order valence-corrected chi connectivity index (χ3v) is 4.87. The van der Waals surface area contributed by atoms with Gasteiger partial charge in [0, 0.05) is 32.7 Å². The molecule has 2 atom stereocenters. The van der Waals surface area contributed by atoms with Crippen molar-refractivity contribution in [3.63, 3.8) is 0 Å². The maximum Gasteiger partial charge on any atom is 0.317 e. The first kappa shape index (κ1) is 14.6. The summed E-state index contributed by atoms with van der Waals surface area (Å²) in [5.74, 6) is 1.66. The van der Waals surface area contributed by atoms with Crippen LogP contribution in [0, 0.1) is 11.8 Å². The Morgan fingerprint density at radius 3 is 2.53 bits per heavy atom. The molecule has 4 nitrogen and oxygen atoms in total. The maximum atomic E-state index is 12.0. The topological polar surface area (TPSA) is 35.6 Å². The molecule has 1 aliphatic heterocycles. The van der Waals surface area contributed by atoms with Crippen LogP contribution in [0.15, 0.2) is 0 Å². The monoisotopic (exact) mass is 267 g/mol. The molecule has 0 radical (unpaired) electrons. The number of carbonyl (C=O) groups excluding carboxylic acids is 1. The molecule has 0 spiro atoms. The number of piperazine rings is 1. The number of carbonyl (C=O) groups is 1. The van der Waals surface area contributed by atoms with Crippen molar-refractivity contribution in [2.45, 2.75) is 39.0 Å². The van der Waals surface area contributed by atoms with Crippen molar-refractivity contribution in [3.8, 4) is 0 Å². The van der Waals surface area contributed by atoms with E-state index in [-0.39, 0.29) is 6.03 Å². The van der Waals surface area contributed by atoms with E-state index in [1.807, 2.05) is 4.90 Å². The van der Waals surface area contributed by atoms with E-state index in [4.69, 9.17) is 0 Å². The van der Waals surface area contributed by atoms with Gasteiger partial charge in [0.1, 0.15) is 0 Å². The minimum atomic E-state index is 0.136. The number of hydrogen-bond donors (Lipinski definition) is 1. The summed E-state index contributed by atoms with van der Waals surface area (Å²) in [7, 11) is 2.11. The van der Waals surface area contributed by atoms with Crippen molar-refractivity contribution in [3.05, 3.63) is 0 Å². The SMILES string of the molecule is CC1CCCCC1CCNC(=O)N1CCN(C)CC1. The van der Waals surface area contributed by atoms with Crippen LogP contribution in [0.4, 0.5) is 4.79 Å². The molecule has 1 N–H and O–H groups in total. The van der Waals surface area contributed by atoms with E-state index in [1.165, 1.54) is 25.7 Å². The Morgan fingerprint density at radius 1 is 1.16 bits per heavy atom. The molecule has 2 amide bonds. The zero-order valence-corrected chi connectivity index (χ0v) is 12.5. The third-order valence-electron chi connectivity index (χ3n) is 4.87. The summed E-state index contributed by atoms with van der Waals surface area (Å²) >= 11 is 0. The smallest absolute Gasteiger partial charge is 0.317 e. The quantitative estimate of drug-likeness (QED) is 0.850. The predicted molar refractivity (Wildman–Crippen MR) is 78.2 cm³/mol. The molecule has 0 aromatic heterocycles. The first-order chi connectivity index (χ1) is 9.16. The predicted octanol–water partition coefficient (Wildman–Crippen LogP) is 2.16. The van der Waals surface area contributed by atoms with Gasteiger partial charge in [0.15, 0.2) is 0 Å². The molecule has 1 saturated heterocycles. The zero-order chi connectivity index (χ0) is 13.7. The van der Waals surface area contributed by atoms with Crippen LogP contribution in [-0.2, 0) is 0 Å². The average Bonchev–Trinajstić information content (AvgIpc) is 2.41. The Kier molecular flexibility index (Phi) is 5.49. The Balaban J connectivity index is 1.63. The molecule has 19 heavy (non-hydrogen) atoms. The van der Waals surface area contributed by atoms with E-state index >= 15 is 0 Å². The van der Waals surface area contributed by atoms with Crippen LogP contribution in [0.5, 0.6) is 0 Å². The van der Waals surface area contributed by atoms with E-state index in [9.17, 15) is 4.79 Å². The van der Waals surface area contributed by atoms with Gasteiger partial charge in [-0.1, -0.05) is 32.6 Å². The highest BCUT2D eigenvalue weighted by Gasteiger charge is 2.22. The average molecular weight is 267 g/mol. The van der Waals surface area contributed by atoms with Crippen molar-refractivity contribution < 1.29 is 4.79 Å². The number of nitrogens with zero attached hydrogens (tertiary/aromatic N) is 2. The molecule has 2 unspecified atom stereocenters. The molecule has 1 heterocycles. The number of hydrogen-bond acceptors (Lipinski definition) is 2. The summed E-state index contributed by atoms with van der Waals surface area (Å²) in [5, 5.41) is 3.10. The summed E-state index contributed by atoms with van der Waals surface area (Å²) < 4.78 is 0. The fraction of sp³-hybridized carbons (Fsp3) is 0.933. The summed E-state index contributed by atoms with van der Waals surface area (Å²) in [5.41, 5.74) is 0. The van der Waals surface area contributed by atoms with Gasteiger partial charge in [-0.15, -0.1) is 0 Å². The van der Waals surface area contributed by atoms with Gasteiger partial charge in [0.05, 0.1) is 0 Å². The van der Waals surface area contributed by atoms with Crippen LogP contribution in [0.25, 0.3) is 0 Å². The van der Waals surface area contributed by atoms with Gasteiger partial charge < -0.3 is 15.1 Å². The van der Waals surface area contributed by atoms with Gasteiger partial charge in [-0.05, 0) is 25.3 Å². The van der Waals surface area contributed by atoms with E-state index in [0.29, 0.717) is 0 Å². The number of amides is 2. The van der Waals surface area contributed by atoms with Crippen molar-refractivity contribution in [2.24, 2.45) is 11.8 Å². The second kappa shape index (κ2) is 7.13. The molecule has 2 fully saturated rings. The molecule has 0 bridgehead atoms. The molecule has 0 aromatic carbocycles. The van der Waals surface area contributed by atoms with Crippen molar-refractivity contribution in [2.75, 3.05) is 39.8 Å². The minimum Gasteiger partial charge on any atom is -0.338 e. The summed E-state index contributed by atoms with van der Waals surface area (Å²) in [6.45, 7) is 6.93. The van der Waals surface area contributed by atoms with Crippen LogP contribution in [0.3, 0.4) is 0 Å². The van der Waals surface area contributed by atoms with Crippen molar-refractivity contribution in [1.29, 1.82) is 0 Å². The lowest BCUT2D eigenvalue weighted by Crippen LogP contribution is -2.50. The molecule has 1 saturated carbocycles. The highest BCUT2D eigenvalue weighted by molar-refractivity contribution is 5.74. The second-order valence-corrected chi connectivity index (χ2v) is 6.33. The Bertz CT molecular complexity index is 287. The summed E-state index contributed by atoms with van der Waals surface area (Å²) in [6, 6.07) is 0.136. The van der Waals surface area contributed by atoms with E-state index < -0.39 is 0 Å². The highest BCUT2D eigenvalue weighted by Crippen LogP contribution is 2.31. The largest absolute Gasteiger partial charge is 0.338 e. The molecular formula is C15H29N3O. The lowest BCUT2D eigenvalue weighted by molar-refractivity contribution is 0.153. The van der Waals surface area contributed by atoms with E-state index in [2.05, 4.69) is 24.2 Å². The minimum absolute atomic E-state index is 0.136. The van der Waals surface area contributed by atoms with E-state index in [0.717, 1.165) is 51.0 Å². The van der Waals surface area contributed by atoms with Gasteiger partial charge >= 0.3 is 6.03 Å². The Morgan fingerprint density at radius 2 is 1.84 bits per heavy atom.